The van der Waals surface area contributed by atoms with Gasteiger partial charge in [0.15, 0.2) is 0 Å². The molecule has 0 bridgehead atoms. The van der Waals surface area contributed by atoms with E-state index in [-0.39, 0.29) is 11.9 Å². The number of rotatable bonds is 4. The van der Waals surface area contributed by atoms with Crippen LogP contribution in [0.5, 0.6) is 0 Å². The minimum Gasteiger partial charge on any atom is -0.469 e. The molecule has 4 nitrogen and oxygen atoms in total. The molecule has 0 aliphatic heterocycles. The van der Waals surface area contributed by atoms with E-state index >= 15 is 0 Å². The molecule has 0 aliphatic rings. The van der Waals surface area contributed by atoms with Gasteiger partial charge in [0.05, 0.1) is 13.5 Å². The maximum absolute atomic E-state index is 11.3. The van der Waals surface area contributed by atoms with E-state index in [0.717, 1.165) is 16.5 Å². The zero-order valence-electron chi connectivity index (χ0n) is 9.77. The lowest BCUT2D eigenvalue weighted by Crippen LogP contribution is -2.17. The second-order valence-electron chi connectivity index (χ2n) is 4.00. The number of carbonyl (C=O) groups is 1. The first-order chi connectivity index (χ1) is 8.26. The fourth-order valence-corrected chi connectivity index (χ4v) is 2.05. The molecule has 1 unspecified atom stereocenters. The van der Waals surface area contributed by atoms with E-state index in [1.165, 1.54) is 7.11 Å². The topological polar surface area (TPSA) is 68.1 Å². The predicted molar refractivity (Wildman–Crippen MR) is 66.7 cm³/mol. The number of esters is 1. The van der Waals surface area contributed by atoms with Crippen LogP contribution in [0.1, 0.15) is 17.9 Å². The number of para-hydroxylation sites is 1. The molecule has 0 saturated carbocycles. The van der Waals surface area contributed by atoms with E-state index in [2.05, 4.69) is 4.98 Å². The summed E-state index contributed by atoms with van der Waals surface area (Å²) >= 11 is 0. The number of aromatic amines is 1. The minimum absolute atomic E-state index is 0.00944. The van der Waals surface area contributed by atoms with Crippen LogP contribution in [0.2, 0.25) is 0 Å². The number of carbonyl (C=O) groups excluding carboxylic acids is 1. The third-order valence-corrected chi connectivity index (χ3v) is 2.98. The standard InChI is InChI=1S/C13H16N2O2/c1-17-12(16)7-10(8-14)11-4-2-3-9-5-6-15-13(9)11/h2-6,10,15H,7-8,14H2,1H3. The van der Waals surface area contributed by atoms with Crippen LogP contribution in [0.3, 0.4) is 0 Å². The molecule has 0 saturated heterocycles. The molecule has 3 N–H and O–H groups in total. The summed E-state index contributed by atoms with van der Waals surface area (Å²) in [5.74, 6) is -0.242. The van der Waals surface area contributed by atoms with Gasteiger partial charge in [-0.1, -0.05) is 18.2 Å². The van der Waals surface area contributed by atoms with Crippen LogP contribution in [0.25, 0.3) is 10.9 Å². The highest BCUT2D eigenvalue weighted by atomic mass is 16.5. The van der Waals surface area contributed by atoms with Crippen LogP contribution in [0.4, 0.5) is 0 Å². The lowest BCUT2D eigenvalue weighted by atomic mass is 9.94. The van der Waals surface area contributed by atoms with Gasteiger partial charge in [-0.25, -0.2) is 0 Å². The van der Waals surface area contributed by atoms with Gasteiger partial charge in [0.2, 0.25) is 0 Å². The fourth-order valence-electron chi connectivity index (χ4n) is 2.05. The SMILES string of the molecule is COC(=O)CC(CN)c1cccc2cc[nH]c12. The van der Waals surface area contributed by atoms with Crippen LogP contribution in [0.15, 0.2) is 30.5 Å². The maximum atomic E-state index is 11.3. The number of aromatic nitrogens is 1. The van der Waals surface area contributed by atoms with Gasteiger partial charge in [-0.2, -0.15) is 0 Å². The summed E-state index contributed by atoms with van der Waals surface area (Å²) < 4.78 is 4.69. The zero-order chi connectivity index (χ0) is 12.3. The number of methoxy groups -OCH3 is 1. The van der Waals surface area contributed by atoms with Crippen molar-refractivity contribution < 1.29 is 9.53 Å². The van der Waals surface area contributed by atoms with E-state index in [9.17, 15) is 4.79 Å². The van der Waals surface area contributed by atoms with Crippen molar-refractivity contribution in [3.8, 4) is 0 Å². The molecular formula is C13H16N2O2. The Bertz CT molecular complexity index is 519. The molecular weight excluding hydrogens is 216 g/mol. The van der Waals surface area contributed by atoms with Crippen molar-refractivity contribution in [2.24, 2.45) is 5.73 Å². The average Bonchev–Trinajstić information content (AvgIpc) is 2.83. The number of benzene rings is 1. The highest BCUT2D eigenvalue weighted by Crippen LogP contribution is 2.26. The predicted octanol–water partition coefficient (Wildman–Crippen LogP) is 1.77. The second kappa shape index (κ2) is 5.01. The molecule has 0 aliphatic carbocycles. The third kappa shape index (κ3) is 2.31. The van der Waals surface area contributed by atoms with Crippen LogP contribution in [-0.2, 0) is 9.53 Å². The average molecular weight is 232 g/mol. The Kier molecular flexibility index (Phi) is 3.44. The number of nitrogens with one attached hydrogen (secondary N) is 1. The molecule has 4 heteroatoms. The molecule has 0 fully saturated rings. The fraction of sp³-hybridized carbons (Fsp3) is 0.308. The third-order valence-electron chi connectivity index (χ3n) is 2.98. The molecule has 1 aromatic carbocycles. The number of H-pyrrole nitrogens is 1. The van der Waals surface area contributed by atoms with Crippen molar-refractivity contribution in [3.05, 3.63) is 36.0 Å². The van der Waals surface area contributed by atoms with E-state index in [1.807, 2.05) is 30.5 Å². The highest BCUT2D eigenvalue weighted by molar-refractivity contribution is 5.83. The summed E-state index contributed by atoms with van der Waals surface area (Å²) in [6.45, 7) is 0.424. The van der Waals surface area contributed by atoms with Gasteiger partial charge < -0.3 is 15.5 Å². The van der Waals surface area contributed by atoms with Crippen LogP contribution < -0.4 is 5.73 Å². The molecule has 90 valence electrons. The lowest BCUT2D eigenvalue weighted by Gasteiger charge is -2.14. The zero-order valence-corrected chi connectivity index (χ0v) is 9.77. The molecule has 1 atom stereocenters. The van der Waals surface area contributed by atoms with Gasteiger partial charge in [-0.3, -0.25) is 4.79 Å². The Hall–Kier alpha value is -1.81. The van der Waals surface area contributed by atoms with Gasteiger partial charge >= 0.3 is 5.97 Å². The molecule has 1 aromatic heterocycles. The van der Waals surface area contributed by atoms with Gasteiger partial charge in [0, 0.05) is 17.6 Å². The largest absolute Gasteiger partial charge is 0.469 e. The van der Waals surface area contributed by atoms with Gasteiger partial charge in [-0.05, 0) is 23.6 Å². The quantitative estimate of drug-likeness (QED) is 0.789. The van der Waals surface area contributed by atoms with Gasteiger partial charge in [0.25, 0.3) is 0 Å². The molecule has 2 rings (SSSR count). The second-order valence-corrected chi connectivity index (χ2v) is 4.00. The summed E-state index contributed by atoms with van der Waals surface area (Å²) in [5, 5.41) is 1.13. The number of hydrogen-bond donors (Lipinski definition) is 2. The first-order valence-electron chi connectivity index (χ1n) is 5.59. The smallest absolute Gasteiger partial charge is 0.306 e. The van der Waals surface area contributed by atoms with E-state index in [1.54, 1.807) is 0 Å². The van der Waals surface area contributed by atoms with E-state index in [4.69, 9.17) is 10.5 Å². The molecule has 17 heavy (non-hydrogen) atoms. The summed E-state index contributed by atoms with van der Waals surface area (Å²) in [5.41, 5.74) is 7.86. The summed E-state index contributed by atoms with van der Waals surface area (Å²) in [7, 11) is 1.39. The molecule has 1 heterocycles. The normalized spacial score (nSPS) is 12.6. The van der Waals surface area contributed by atoms with Crippen molar-refractivity contribution in [1.82, 2.24) is 4.98 Å². The Morgan fingerprint density at radius 1 is 1.47 bits per heavy atom. The number of fused-ring (bicyclic) bond motifs is 1. The lowest BCUT2D eigenvalue weighted by molar-refractivity contribution is -0.141. The summed E-state index contributed by atoms with van der Waals surface area (Å²) in [6, 6.07) is 8.01. The summed E-state index contributed by atoms with van der Waals surface area (Å²) in [6.07, 6.45) is 2.20. The van der Waals surface area contributed by atoms with Gasteiger partial charge in [-0.15, -0.1) is 0 Å². The summed E-state index contributed by atoms with van der Waals surface area (Å²) in [4.78, 5) is 14.5. The van der Waals surface area contributed by atoms with Crippen LogP contribution in [0, 0.1) is 0 Å². The molecule has 0 radical (unpaired) electrons. The first kappa shape index (κ1) is 11.7. The molecule has 0 spiro atoms. The van der Waals surface area contributed by atoms with Crippen LogP contribution in [-0.4, -0.2) is 24.6 Å². The molecule has 0 amide bonds. The van der Waals surface area contributed by atoms with Crippen LogP contribution >= 0.6 is 0 Å². The maximum Gasteiger partial charge on any atom is 0.306 e. The van der Waals surface area contributed by atoms with Crippen molar-refractivity contribution in [1.29, 1.82) is 0 Å². The van der Waals surface area contributed by atoms with Gasteiger partial charge in [0.1, 0.15) is 0 Å². The number of hydrogen-bond acceptors (Lipinski definition) is 3. The first-order valence-corrected chi connectivity index (χ1v) is 5.59. The Balaban J connectivity index is 2.35. The van der Waals surface area contributed by atoms with E-state index in [0.29, 0.717) is 13.0 Å². The number of nitrogens with two attached hydrogens (primary N) is 1. The highest BCUT2D eigenvalue weighted by Gasteiger charge is 2.17. The van der Waals surface area contributed by atoms with Crippen molar-refractivity contribution in [2.45, 2.75) is 12.3 Å². The monoisotopic (exact) mass is 232 g/mol. The Morgan fingerprint density at radius 3 is 3.00 bits per heavy atom. The minimum atomic E-state index is -0.232. The van der Waals surface area contributed by atoms with Crippen molar-refractivity contribution >= 4 is 16.9 Å². The van der Waals surface area contributed by atoms with E-state index < -0.39 is 0 Å². The number of ether oxygens (including phenoxy) is 1. The van der Waals surface area contributed by atoms with Crippen molar-refractivity contribution in [3.63, 3.8) is 0 Å². The molecule has 2 aromatic rings. The Morgan fingerprint density at radius 2 is 2.29 bits per heavy atom. The Labute approximate surface area is 99.8 Å². The van der Waals surface area contributed by atoms with Crippen molar-refractivity contribution in [2.75, 3.05) is 13.7 Å².